The minimum absolute atomic E-state index is 0.00722. The summed E-state index contributed by atoms with van der Waals surface area (Å²) in [5, 5.41) is 14.9. The van der Waals surface area contributed by atoms with Gasteiger partial charge in [-0.25, -0.2) is 9.18 Å². The van der Waals surface area contributed by atoms with Gasteiger partial charge in [0.25, 0.3) is 0 Å². The summed E-state index contributed by atoms with van der Waals surface area (Å²) in [5.41, 5.74) is 3.39. The summed E-state index contributed by atoms with van der Waals surface area (Å²) >= 11 is 0.715. The van der Waals surface area contributed by atoms with E-state index in [9.17, 15) is 9.90 Å². The van der Waals surface area contributed by atoms with Crippen molar-refractivity contribution in [1.29, 1.82) is 0 Å². The van der Waals surface area contributed by atoms with E-state index in [1.54, 1.807) is 25.4 Å². The van der Waals surface area contributed by atoms with Crippen LogP contribution in [0.1, 0.15) is 93.6 Å². The van der Waals surface area contributed by atoms with E-state index < -0.39 is 30.8 Å². The number of hydrogen-bond donors (Lipinski definition) is 1. The van der Waals surface area contributed by atoms with Crippen LogP contribution in [0.15, 0.2) is 30.5 Å². The SMILES string of the molecule is COCC12CCC(CN(c3nc(OCC4(CN5CC[Se]CC5)CC4)nc4c(F)c(-c5cc(O)cc6ccc(F)c(C#C[Si](C(C)C)(C(C)C)C(C)C)c56)ncc34)C1)N2C(=O)OC(C)(C)C. The number of carbonyl (C=O) groups excluding carboxylic acids is 1. The maximum atomic E-state index is 17.8. The first-order chi connectivity index (χ1) is 30.8. The van der Waals surface area contributed by atoms with Gasteiger partial charge in [0.1, 0.15) is 25.2 Å². The number of anilines is 1. The monoisotopic (exact) mass is 976 g/mol. The number of piperazine rings is 1. The Kier molecular flexibility index (Phi) is 13.3. The summed E-state index contributed by atoms with van der Waals surface area (Å²) in [7, 11) is -0.683. The molecular formula is C50H66F2N6O5SeSi. The Labute approximate surface area is 390 Å². The number of methoxy groups -OCH3 is 1. The molecule has 0 radical (unpaired) electrons. The van der Waals surface area contributed by atoms with Gasteiger partial charge in [-0.05, 0) is 73.8 Å². The second-order valence-corrected chi connectivity index (χ2v) is 29.1. The van der Waals surface area contributed by atoms with Crippen LogP contribution in [-0.2, 0) is 9.47 Å². The molecule has 3 aliphatic heterocycles. The van der Waals surface area contributed by atoms with Crippen molar-refractivity contribution in [2.45, 2.75) is 132 Å². The second-order valence-electron chi connectivity index (χ2n) is 20.9. The molecule has 15 heteroatoms. The predicted octanol–water partition coefficient (Wildman–Crippen LogP) is 10.0. The van der Waals surface area contributed by atoms with E-state index in [4.69, 9.17) is 29.2 Å². The van der Waals surface area contributed by atoms with Gasteiger partial charge in [0, 0.05) is 18.1 Å². The number of phenols is 1. The number of hydrogen-bond acceptors (Lipinski definition) is 10. The van der Waals surface area contributed by atoms with E-state index >= 15 is 8.78 Å². The van der Waals surface area contributed by atoms with Gasteiger partial charge < -0.3 is 14.6 Å². The van der Waals surface area contributed by atoms with Gasteiger partial charge in [-0.3, -0.25) is 9.88 Å². The van der Waals surface area contributed by atoms with Crippen LogP contribution in [-0.4, -0.2) is 129 Å². The summed E-state index contributed by atoms with van der Waals surface area (Å²) in [4.78, 5) is 34.9. The van der Waals surface area contributed by atoms with Gasteiger partial charge >= 0.3 is 159 Å². The minimum Gasteiger partial charge on any atom is -0.444 e. The third-order valence-corrected chi connectivity index (χ3v) is 22.7. The summed E-state index contributed by atoms with van der Waals surface area (Å²) in [6.45, 7) is 23.4. The van der Waals surface area contributed by atoms with E-state index in [0.717, 1.165) is 38.9 Å². The van der Waals surface area contributed by atoms with E-state index in [-0.39, 0.29) is 58.3 Å². The molecule has 1 aliphatic carbocycles. The van der Waals surface area contributed by atoms with Crippen molar-refractivity contribution < 1.29 is 32.9 Å². The molecular weight excluding hydrogens is 910 g/mol. The van der Waals surface area contributed by atoms with Crippen LogP contribution in [0.3, 0.4) is 0 Å². The van der Waals surface area contributed by atoms with Crippen molar-refractivity contribution in [3.05, 3.63) is 47.7 Å². The van der Waals surface area contributed by atoms with Crippen molar-refractivity contribution in [2.24, 2.45) is 5.41 Å². The Balaban J connectivity index is 1.26. The summed E-state index contributed by atoms with van der Waals surface area (Å²) < 4.78 is 52.4. The number of ether oxygens (including phenoxy) is 3. The Hall–Kier alpha value is -4.06. The van der Waals surface area contributed by atoms with E-state index in [2.05, 4.69) is 62.8 Å². The summed E-state index contributed by atoms with van der Waals surface area (Å²) in [5.74, 6) is 2.36. The standard InChI is InChI=1S/C50H66F2N6O5SeSi/c1-31(2)65(32(3)4,33(5)6)22-14-37-40(51)12-11-34-23-36(59)24-38(41(34)37)43-42(52)44-39(25-53-43)45(55-46(54-44)62-29-49(16-17-49)27-56-18-20-64-21-19-56)57-26-35-13-15-50(28-57,30-61-10)58(35)47(60)63-48(7,8)9/h11-12,23-25,31-33,35,59H,13,15-21,26-30H2,1-10H3. The first-order valence-electron chi connectivity index (χ1n) is 23.3. The quantitative estimate of drug-likeness (QED) is 0.109. The Morgan fingerprint density at radius 1 is 1.02 bits per heavy atom. The number of aromatic hydroxyl groups is 1. The number of pyridine rings is 1. The van der Waals surface area contributed by atoms with Crippen LogP contribution in [0, 0.1) is 28.5 Å². The molecule has 3 saturated heterocycles. The fraction of sp³-hybridized carbons (Fsp3) is 0.600. The summed E-state index contributed by atoms with van der Waals surface area (Å²) in [6.07, 6.45) is 4.65. The van der Waals surface area contributed by atoms with Gasteiger partial charge in [0.05, 0.1) is 23.8 Å². The molecule has 350 valence electrons. The number of benzene rings is 2. The number of aromatic nitrogens is 3. The number of nitrogens with zero attached hydrogens (tertiary/aromatic N) is 6. The first kappa shape index (κ1) is 47.4. The molecule has 1 N–H and O–H groups in total. The second kappa shape index (κ2) is 18.2. The number of phenolic OH excluding ortho intramolecular Hbond substituents is 1. The zero-order chi connectivity index (χ0) is 46.6. The molecule has 8 rings (SSSR count). The average molecular weight is 976 g/mol. The fourth-order valence-electron chi connectivity index (χ4n) is 11.2. The van der Waals surface area contributed by atoms with Crippen LogP contribution >= 0.6 is 0 Å². The molecule has 2 bridgehead atoms. The van der Waals surface area contributed by atoms with Crippen LogP contribution in [0.25, 0.3) is 32.9 Å². The van der Waals surface area contributed by atoms with Crippen LogP contribution in [0.4, 0.5) is 19.4 Å². The fourth-order valence-corrected chi connectivity index (χ4v) is 18.4. The molecule has 2 aromatic carbocycles. The number of halogens is 2. The zero-order valence-corrected chi connectivity index (χ0v) is 42.5. The van der Waals surface area contributed by atoms with Crippen molar-refractivity contribution in [3.8, 4) is 34.5 Å². The molecule has 1 amide bonds. The number of carbonyl (C=O) groups is 1. The first-order valence-corrected chi connectivity index (χ1v) is 28.0. The third kappa shape index (κ3) is 9.19. The molecule has 0 spiro atoms. The minimum atomic E-state index is -2.31. The van der Waals surface area contributed by atoms with Crippen molar-refractivity contribution in [2.75, 3.05) is 57.9 Å². The Bertz CT molecular complexity index is 2490. The molecule has 2 atom stereocenters. The number of rotatable bonds is 12. The van der Waals surface area contributed by atoms with Gasteiger partial charge in [0.2, 0.25) is 0 Å². The zero-order valence-electron chi connectivity index (χ0n) is 39.8. The molecule has 4 fully saturated rings. The number of amides is 1. The molecule has 4 aromatic rings. The predicted molar refractivity (Wildman–Crippen MR) is 257 cm³/mol. The van der Waals surface area contributed by atoms with Gasteiger partial charge in [-0.2, -0.15) is 0 Å². The van der Waals surface area contributed by atoms with Gasteiger partial charge in [0.15, 0.2) is 0 Å². The summed E-state index contributed by atoms with van der Waals surface area (Å²) in [6, 6.07) is 5.75. The van der Waals surface area contributed by atoms with Gasteiger partial charge in [-0.15, -0.1) is 5.54 Å². The average Bonchev–Trinajstić information content (AvgIpc) is 3.96. The van der Waals surface area contributed by atoms with Crippen LogP contribution < -0.4 is 9.64 Å². The topological polar surface area (TPSA) is 113 Å². The van der Waals surface area contributed by atoms with Crippen LogP contribution in [0.5, 0.6) is 11.8 Å². The van der Waals surface area contributed by atoms with E-state index in [1.807, 2.05) is 25.7 Å². The molecule has 5 heterocycles. The molecule has 2 unspecified atom stereocenters. The van der Waals surface area contributed by atoms with Crippen molar-refractivity contribution in [3.63, 3.8) is 0 Å². The molecule has 65 heavy (non-hydrogen) atoms. The normalized spacial score (nSPS) is 21.1. The van der Waals surface area contributed by atoms with Crippen molar-refractivity contribution in [1.82, 2.24) is 24.8 Å². The van der Waals surface area contributed by atoms with Crippen molar-refractivity contribution >= 4 is 56.6 Å². The molecule has 11 nitrogen and oxygen atoms in total. The maximum absolute atomic E-state index is 17.8. The molecule has 2 aromatic heterocycles. The van der Waals surface area contributed by atoms with E-state index in [1.165, 1.54) is 22.8 Å². The van der Waals surface area contributed by atoms with E-state index in [0.29, 0.717) is 79.7 Å². The number of fused-ring (bicyclic) bond motifs is 4. The Morgan fingerprint density at radius 2 is 1.72 bits per heavy atom. The van der Waals surface area contributed by atoms with Gasteiger partial charge in [-0.1, -0.05) is 53.5 Å². The molecule has 4 aliphatic rings. The molecule has 1 saturated carbocycles. The van der Waals surface area contributed by atoms with Crippen LogP contribution in [0.2, 0.25) is 27.3 Å². The smallest absolute Gasteiger partial charge is 0.444 e. The Morgan fingerprint density at radius 3 is 2.37 bits per heavy atom. The third-order valence-electron chi connectivity index (χ3n) is 14.4.